The number of rotatable bonds is 3. The number of nitrogens with one attached hydrogen (secondary N) is 1. The molecule has 0 fully saturated rings. The van der Waals surface area contributed by atoms with Gasteiger partial charge >= 0.3 is 12.1 Å². The van der Waals surface area contributed by atoms with Gasteiger partial charge in [-0.05, 0) is 17.2 Å². The van der Waals surface area contributed by atoms with Crippen LogP contribution in [0, 0.1) is 0 Å². The fraction of sp³-hybridized carbons (Fsp3) is 0.0556. The first-order valence-electron chi connectivity index (χ1n) is 7.30. The summed E-state index contributed by atoms with van der Waals surface area (Å²) in [4.78, 5) is 26.9. The molecule has 3 amide bonds. The molecule has 24 heavy (non-hydrogen) atoms. The Labute approximate surface area is 138 Å². The minimum atomic E-state index is -0.703. The van der Waals surface area contributed by atoms with Gasteiger partial charge in [0.2, 0.25) is 0 Å². The molecule has 1 radical (unpaired) electrons. The van der Waals surface area contributed by atoms with E-state index in [2.05, 4.69) is 15.6 Å². The molecule has 0 aliphatic carbocycles. The molecular weight excluding hydrogens is 306 g/mol. The van der Waals surface area contributed by atoms with E-state index in [1.807, 2.05) is 60.7 Å². The molecule has 1 heterocycles. The Morgan fingerprint density at radius 1 is 0.958 bits per heavy atom. The van der Waals surface area contributed by atoms with E-state index >= 15 is 0 Å². The molecule has 6 heteroatoms. The molecule has 1 aliphatic heterocycles. The van der Waals surface area contributed by atoms with Crippen LogP contribution in [-0.2, 0) is 4.74 Å². The first-order valence-corrected chi connectivity index (χ1v) is 7.30. The molecule has 2 aromatic carbocycles. The second-order valence-corrected chi connectivity index (χ2v) is 4.96. The molecule has 3 rings (SSSR count). The first-order chi connectivity index (χ1) is 11.7. The topological polar surface area (TPSA) is 81.9 Å². The van der Waals surface area contributed by atoms with Crippen LogP contribution >= 0.6 is 0 Å². The van der Waals surface area contributed by atoms with E-state index in [0.29, 0.717) is 0 Å². The number of alkyl carbamates (subject to hydrolysis) is 1. The van der Waals surface area contributed by atoms with Crippen molar-refractivity contribution in [1.82, 2.24) is 10.6 Å². The molecule has 2 aromatic rings. The number of benzene rings is 2. The average Bonchev–Trinajstić information content (AvgIpc) is 2.61. The highest BCUT2D eigenvalue weighted by molar-refractivity contribution is 6.08. The predicted molar refractivity (Wildman–Crippen MR) is 88.4 cm³/mol. The van der Waals surface area contributed by atoms with E-state index in [1.165, 1.54) is 12.3 Å². The summed E-state index contributed by atoms with van der Waals surface area (Å²) in [6, 6.07) is 18.1. The summed E-state index contributed by atoms with van der Waals surface area (Å²) in [6.07, 6.45) is 1.42. The SMILES string of the molecule is O=C1[N]C=CC(NC(=O)OC(c2ccccc2)c2ccccc2)=N1. The standard InChI is InChI=1S/C18H14N3O3/c22-17-19-12-11-15(20-17)21-18(23)24-16(13-7-3-1-4-8-13)14-9-5-2-6-10-14/h1-12,16H,(H,20,21,22,23). The molecule has 0 aromatic heterocycles. The number of carbonyl (C=O) groups excluding carboxylic acids is 2. The van der Waals surface area contributed by atoms with Gasteiger partial charge in [0.05, 0.1) is 0 Å². The van der Waals surface area contributed by atoms with E-state index in [4.69, 9.17) is 4.74 Å². The lowest BCUT2D eigenvalue weighted by Crippen LogP contribution is -2.33. The van der Waals surface area contributed by atoms with Crippen molar-refractivity contribution in [3.05, 3.63) is 84.1 Å². The fourth-order valence-corrected chi connectivity index (χ4v) is 2.24. The lowest BCUT2D eigenvalue weighted by Gasteiger charge is -2.19. The lowest BCUT2D eigenvalue weighted by atomic mass is 10.0. The Bertz CT molecular complexity index is 746. The van der Waals surface area contributed by atoms with Gasteiger partial charge in [-0.2, -0.15) is 10.3 Å². The Hall–Kier alpha value is -3.41. The third-order valence-corrected chi connectivity index (χ3v) is 3.29. The Morgan fingerprint density at radius 3 is 2.08 bits per heavy atom. The molecule has 0 unspecified atom stereocenters. The molecule has 6 nitrogen and oxygen atoms in total. The fourth-order valence-electron chi connectivity index (χ4n) is 2.24. The molecule has 0 atom stereocenters. The summed E-state index contributed by atoms with van der Waals surface area (Å²) >= 11 is 0. The normalized spacial score (nSPS) is 13.2. The van der Waals surface area contributed by atoms with E-state index < -0.39 is 18.2 Å². The van der Waals surface area contributed by atoms with Crippen LogP contribution in [0.15, 0.2) is 77.9 Å². The van der Waals surface area contributed by atoms with E-state index in [0.717, 1.165) is 11.1 Å². The van der Waals surface area contributed by atoms with Crippen molar-refractivity contribution in [2.24, 2.45) is 4.99 Å². The molecule has 0 bridgehead atoms. The van der Waals surface area contributed by atoms with Crippen molar-refractivity contribution in [2.45, 2.75) is 6.10 Å². The van der Waals surface area contributed by atoms with Crippen molar-refractivity contribution >= 4 is 18.0 Å². The van der Waals surface area contributed by atoms with Crippen LogP contribution in [0.25, 0.3) is 0 Å². The van der Waals surface area contributed by atoms with Gasteiger partial charge in [-0.3, -0.25) is 5.32 Å². The molecule has 1 N–H and O–H groups in total. The number of amidine groups is 1. The number of aliphatic imine (C=N–C) groups is 1. The third-order valence-electron chi connectivity index (χ3n) is 3.29. The summed E-state index contributed by atoms with van der Waals surface area (Å²) < 4.78 is 5.55. The Balaban J connectivity index is 1.78. The zero-order chi connectivity index (χ0) is 16.8. The number of urea groups is 1. The Morgan fingerprint density at radius 2 is 1.54 bits per heavy atom. The van der Waals surface area contributed by atoms with E-state index in [-0.39, 0.29) is 5.84 Å². The maximum absolute atomic E-state index is 12.2. The highest BCUT2D eigenvalue weighted by atomic mass is 16.6. The largest absolute Gasteiger partial charge is 0.436 e. The van der Waals surface area contributed by atoms with Crippen LogP contribution in [-0.4, -0.2) is 18.0 Å². The van der Waals surface area contributed by atoms with Gasteiger partial charge < -0.3 is 4.74 Å². The quantitative estimate of drug-likeness (QED) is 0.943. The second kappa shape index (κ2) is 7.23. The van der Waals surface area contributed by atoms with Crippen molar-refractivity contribution in [3.63, 3.8) is 0 Å². The van der Waals surface area contributed by atoms with Gasteiger partial charge in [-0.1, -0.05) is 60.7 Å². The molecule has 1 aliphatic rings. The predicted octanol–water partition coefficient (Wildman–Crippen LogP) is 3.15. The van der Waals surface area contributed by atoms with Crippen LogP contribution in [0.5, 0.6) is 0 Å². The number of ether oxygens (including phenoxy) is 1. The number of hydrogen-bond acceptors (Lipinski definition) is 3. The maximum Gasteiger partial charge on any atom is 0.413 e. The maximum atomic E-state index is 12.2. The van der Waals surface area contributed by atoms with Crippen LogP contribution in [0.3, 0.4) is 0 Å². The van der Waals surface area contributed by atoms with Crippen molar-refractivity contribution in [3.8, 4) is 0 Å². The zero-order valence-electron chi connectivity index (χ0n) is 12.6. The number of carbonyl (C=O) groups is 2. The summed E-state index contributed by atoms with van der Waals surface area (Å²) in [5.74, 6) is 0.0971. The van der Waals surface area contributed by atoms with Gasteiger partial charge in [-0.15, -0.1) is 0 Å². The lowest BCUT2D eigenvalue weighted by molar-refractivity contribution is 0.121. The minimum absolute atomic E-state index is 0.0971. The molecule has 0 saturated heterocycles. The van der Waals surface area contributed by atoms with Gasteiger partial charge in [-0.25, -0.2) is 9.59 Å². The van der Waals surface area contributed by atoms with Gasteiger partial charge in [0, 0.05) is 6.20 Å². The third kappa shape index (κ3) is 3.86. The van der Waals surface area contributed by atoms with Crippen molar-refractivity contribution in [2.75, 3.05) is 0 Å². The second-order valence-electron chi connectivity index (χ2n) is 4.96. The van der Waals surface area contributed by atoms with E-state index in [1.54, 1.807) is 0 Å². The monoisotopic (exact) mass is 320 g/mol. The number of hydrogen-bond donors (Lipinski definition) is 1. The van der Waals surface area contributed by atoms with Gasteiger partial charge in [0.1, 0.15) is 5.84 Å². The highest BCUT2D eigenvalue weighted by Gasteiger charge is 2.20. The minimum Gasteiger partial charge on any atom is -0.436 e. The molecule has 0 spiro atoms. The summed E-state index contributed by atoms with van der Waals surface area (Å²) in [5, 5.41) is 5.88. The molecule has 119 valence electrons. The number of nitrogens with zero attached hydrogens (tertiary/aromatic N) is 2. The zero-order valence-corrected chi connectivity index (χ0v) is 12.6. The van der Waals surface area contributed by atoms with Crippen LogP contribution in [0.4, 0.5) is 9.59 Å². The first kappa shape index (κ1) is 15.5. The van der Waals surface area contributed by atoms with Crippen molar-refractivity contribution < 1.29 is 14.3 Å². The average molecular weight is 320 g/mol. The summed E-state index contributed by atoms with van der Waals surface area (Å²) in [6.45, 7) is 0. The van der Waals surface area contributed by atoms with Gasteiger partial charge in [0.25, 0.3) is 0 Å². The Kier molecular flexibility index (Phi) is 4.67. The van der Waals surface area contributed by atoms with Crippen LogP contribution < -0.4 is 10.6 Å². The van der Waals surface area contributed by atoms with E-state index in [9.17, 15) is 9.59 Å². The molecular formula is C18H14N3O3. The van der Waals surface area contributed by atoms with Crippen LogP contribution in [0.1, 0.15) is 17.2 Å². The summed E-state index contributed by atoms with van der Waals surface area (Å²) in [5.41, 5.74) is 1.68. The smallest absolute Gasteiger partial charge is 0.413 e. The van der Waals surface area contributed by atoms with Gasteiger partial charge in [0.15, 0.2) is 6.10 Å². The summed E-state index contributed by atoms with van der Waals surface area (Å²) in [7, 11) is 0. The molecule has 0 saturated carbocycles. The van der Waals surface area contributed by atoms with Crippen LogP contribution in [0.2, 0.25) is 0 Å². The van der Waals surface area contributed by atoms with Crippen molar-refractivity contribution in [1.29, 1.82) is 0 Å². The highest BCUT2D eigenvalue weighted by Crippen LogP contribution is 2.25. The number of amides is 3.